The summed E-state index contributed by atoms with van der Waals surface area (Å²) in [5, 5.41) is 13.0. The van der Waals surface area contributed by atoms with E-state index in [1.54, 1.807) is 12.1 Å². The molecule has 0 spiro atoms. The Morgan fingerprint density at radius 2 is 2.09 bits per heavy atom. The second-order valence-electron chi connectivity index (χ2n) is 5.50. The average Bonchev–Trinajstić information content (AvgIpc) is 2.55. The molecule has 4 heteroatoms. The number of phenolic OH excluding ortho intramolecular Hbond substituents is 1. The van der Waals surface area contributed by atoms with Gasteiger partial charge in [-0.2, -0.15) is 0 Å². The lowest BCUT2D eigenvalue weighted by atomic mass is 9.87. The summed E-state index contributed by atoms with van der Waals surface area (Å²) in [6, 6.07) is 12.9. The van der Waals surface area contributed by atoms with Gasteiger partial charge in [-0.25, -0.2) is 0 Å². The molecular weight excluding hydrogens is 278 g/mol. The van der Waals surface area contributed by atoms with E-state index >= 15 is 0 Å². The molecule has 2 aromatic carbocycles. The summed E-state index contributed by atoms with van der Waals surface area (Å²) in [6.07, 6.45) is 3.02. The lowest BCUT2D eigenvalue weighted by molar-refractivity contribution is 0.0930. The molecule has 0 saturated carbocycles. The van der Waals surface area contributed by atoms with E-state index in [0.717, 1.165) is 19.3 Å². The lowest BCUT2D eigenvalue weighted by Gasteiger charge is -2.26. The molecule has 1 unspecified atom stereocenters. The van der Waals surface area contributed by atoms with E-state index in [1.807, 2.05) is 12.1 Å². The maximum atomic E-state index is 12.4. The zero-order chi connectivity index (χ0) is 15.5. The van der Waals surface area contributed by atoms with Gasteiger partial charge in [-0.3, -0.25) is 4.79 Å². The van der Waals surface area contributed by atoms with Crippen LogP contribution in [-0.4, -0.2) is 18.1 Å². The fourth-order valence-electron chi connectivity index (χ4n) is 2.97. The number of nitrogens with one attached hydrogen (secondary N) is 1. The van der Waals surface area contributed by atoms with Gasteiger partial charge in [0, 0.05) is 6.07 Å². The number of rotatable bonds is 3. The molecule has 0 radical (unpaired) electrons. The molecule has 1 amide bonds. The van der Waals surface area contributed by atoms with Crippen molar-refractivity contribution in [2.24, 2.45) is 0 Å². The van der Waals surface area contributed by atoms with Gasteiger partial charge in [0.05, 0.1) is 18.7 Å². The number of amides is 1. The highest BCUT2D eigenvalue weighted by Crippen LogP contribution is 2.30. The van der Waals surface area contributed by atoms with Crippen LogP contribution in [0.5, 0.6) is 11.5 Å². The third kappa shape index (κ3) is 2.77. The predicted molar refractivity (Wildman–Crippen MR) is 84.2 cm³/mol. The van der Waals surface area contributed by atoms with Crippen LogP contribution >= 0.6 is 0 Å². The molecule has 4 nitrogen and oxygen atoms in total. The van der Waals surface area contributed by atoms with E-state index < -0.39 is 0 Å². The van der Waals surface area contributed by atoms with E-state index in [9.17, 15) is 9.90 Å². The maximum absolute atomic E-state index is 12.4. The number of ether oxygens (including phenoxy) is 1. The third-order valence-electron chi connectivity index (χ3n) is 4.12. The monoisotopic (exact) mass is 297 g/mol. The minimum atomic E-state index is -0.262. The number of hydrogen-bond acceptors (Lipinski definition) is 3. The van der Waals surface area contributed by atoms with Gasteiger partial charge < -0.3 is 15.2 Å². The van der Waals surface area contributed by atoms with Crippen LogP contribution in [0, 0.1) is 0 Å². The zero-order valence-electron chi connectivity index (χ0n) is 12.5. The predicted octanol–water partition coefficient (Wildman–Crippen LogP) is 3.21. The Morgan fingerprint density at radius 3 is 2.86 bits per heavy atom. The average molecular weight is 297 g/mol. The Kier molecular flexibility index (Phi) is 4.00. The highest BCUT2D eigenvalue weighted by molar-refractivity contribution is 5.97. The van der Waals surface area contributed by atoms with E-state index in [4.69, 9.17) is 4.74 Å². The van der Waals surface area contributed by atoms with E-state index in [1.165, 1.54) is 24.3 Å². The summed E-state index contributed by atoms with van der Waals surface area (Å²) in [5.41, 5.74) is 2.73. The largest absolute Gasteiger partial charge is 0.507 e. The second-order valence-corrected chi connectivity index (χ2v) is 5.50. The van der Waals surface area contributed by atoms with Gasteiger partial charge in [0.25, 0.3) is 5.91 Å². The Hall–Kier alpha value is -2.49. The fourth-order valence-corrected chi connectivity index (χ4v) is 2.97. The van der Waals surface area contributed by atoms with Crippen LogP contribution in [0.25, 0.3) is 0 Å². The number of aryl methyl sites for hydroxylation is 1. The Morgan fingerprint density at radius 1 is 1.27 bits per heavy atom. The molecule has 0 aliphatic heterocycles. The molecule has 2 aromatic rings. The number of hydrogen-bond donors (Lipinski definition) is 2. The number of phenols is 1. The number of aromatic hydroxyl groups is 1. The van der Waals surface area contributed by atoms with Crippen molar-refractivity contribution >= 4 is 5.91 Å². The molecule has 0 bridgehead atoms. The first-order valence-corrected chi connectivity index (χ1v) is 7.44. The van der Waals surface area contributed by atoms with Crippen LogP contribution in [-0.2, 0) is 6.42 Å². The second kappa shape index (κ2) is 6.10. The first kappa shape index (κ1) is 14.4. The van der Waals surface area contributed by atoms with Crippen molar-refractivity contribution in [2.75, 3.05) is 7.11 Å². The fraction of sp³-hybridized carbons (Fsp3) is 0.278. The molecule has 114 valence electrons. The van der Waals surface area contributed by atoms with E-state index in [0.29, 0.717) is 5.75 Å². The smallest absolute Gasteiger partial charge is 0.255 e. The van der Waals surface area contributed by atoms with Gasteiger partial charge in [0.15, 0.2) is 0 Å². The van der Waals surface area contributed by atoms with Crippen LogP contribution in [0.3, 0.4) is 0 Å². The van der Waals surface area contributed by atoms with Gasteiger partial charge in [0.2, 0.25) is 0 Å². The summed E-state index contributed by atoms with van der Waals surface area (Å²) in [6.45, 7) is 0. The van der Waals surface area contributed by atoms with Gasteiger partial charge in [-0.05, 0) is 42.5 Å². The van der Waals surface area contributed by atoms with Gasteiger partial charge in [-0.15, -0.1) is 0 Å². The number of benzene rings is 2. The van der Waals surface area contributed by atoms with Crippen molar-refractivity contribution < 1.29 is 14.6 Å². The summed E-state index contributed by atoms with van der Waals surface area (Å²) >= 11 is 0. The van der Waals surface area contributed by atoms with E-state index in [2.05, 4.69) is 17.4 Å². The van der Waals surface area contributed by atoms with Gasteiger partial charge in [-0.1, -0.05) is 24.3 Å². The van der Waals surface area contributed by atoms with Gasteiger partial charge in [0.1, 0.15) is 11.5 Å². The van der Waals surface area contributed by atoms with Gasteiger partial charge >= 0.3 is 0 Å². The molecule has 0 aromatic heterocycles. The molecule has 0 saturated heterocycles. The SMILES string of the molecule is COc1ccc(C(=O)NC2CCCc3ccccc32)c(O)c1. The third-order valence-corrected chi connectivity index (χ3v) is 4.12. The van der Waals surface area contributed by atoms with Crippen molar-refractivity contribution in [3.8, 4) is 11.5 Å². The first-order valence-electron chi connectivity index (χ1n) is 7.44. The first-order chi connectivity index (χ1) is 10.7. The Labute approximate surface area is 129 Å². The highest BCUT2D eigenvalue weighted by atomic mass is 16.5. The summed E-state index contributed by atoms with van der Waals surface area (Å²) < 4.78 is 5.03. The number of fused-ring (bicyclic) bond motifs is 1. The van der Waals surface area contributed by atoms with Crippen LogP contribution in [0.2, 0.25) is 0 Å². The molecule has 1 aliphatic carbocycles. The van der Waals surface area contributed by atoms with Crippen molar-refractivity contribution in [1.29, 1.82) is 0 Å². The van der Waals surface area contributed by atoms with Crippen molar-refractivity contribution in [3.05, 3.63) is 59.2 Å². The lowest BCUT2D eigenvalue weighted by Crippen LogP contribution is -2.31. The number of carbonyl (C=O) groups excluding carboxylic acids is 1. The molecule has 0 fully saturated rings. The van der Waals surface area contributed by atoms with Crippen molar-refractivity contribution in [1.82, 2.24) is 5.32 Å². The Bertz CT molecular complexity index is 696. The molecule has 3 rings (SSSR count). The van der Waals surface area contributed by atoms with Crippen LogP contribution in [0.4, 0.5) is 0 Å². The van der Waals surface area contributed by atoms with Crippen LogP contribution in [0.1, 0.15) is 40.4 Å². The minimum Gasteiger partial charge on any atom is -0.507 e. The molecule has 2 N–H and O–H groups in total. The summed E-state index contributed by atoms with van der Waals surface area (Å²) in [7, 11) is 1.52. The molecule has 1 atom stereocenters. The highest BCUT2D eigenvalue weighted by Gasteiger charge is 2.23. The standard InChI is InChI=1S/C18H19NO3/c1-22-13-9-10-15(17(20)11-13)18(21)19-16-8-4-6-12-5-2-3-7-14(12)16/h2-3,5,7,9-11,16,20H,4,6,8H2,1H3,(H,19,21). The summed E-state index contributed by atoms with van der Waals surface area (Å²) in [5.74, 6) is 0.194. The normalized spacial score (nSPS) is 16.7. The van der Waals surface area contributed by atoms with Crippen LogP contribution in [0.15, 0.2) is 42.5 Å². The van der Waals surface area contributed by atoms with Crippen molar-refractivity contribution in [2.45, 2.75) is 25.3 Å². The quantitative estimate of drug-likeness (QED) is 0.914. The Balaban J connectivity index is 1.81. The van der Waals surface area contributed by atoms with Crippen LogP contribution < -0.4 is 10.1 Å². The van der Waals surface area contributed by atoms with Crippen molar-refractivity contribution in [3.63, 3.8) is 0 Å². The maximum Gasteiger partial charge on any atom is 0.255 e. The number of methoxy groups -OCH3 is 1. The molecule has 0 heterocycles. The summed E-state index contributed by atoms with van der Waals surface area (Å²) in [4.78, 5) is 12.4. The molecule has 1 aliphatic rings. The number of carbonyl (C=O) groups is 1. The zero-order valence-corrected chi connectivity index (χ0v) is 12.5. The molecular formula is C18H19NO3. The minimum absolute atomic E-state index is 0.000971. The topological polar surface area (TPSA) is 58.6 Å². The van der Waals surface area contributed by atoms with E-state index in [-0.39, 0.29) is 23.3 Å². The molecule has 22 heavy (non-hydrogen) atoms.